The second kappa shape index (κ2) is 7.33. The van der Waals surface area contributed by atoms with Crippen LogP contribution < -0.4 is 4.90 Å². The van der Waals surface area contributed by atoms with E-state index in [2.05, 4.69) is 75.4 Å². The highest BCUT2D eigenvalue weighted by atomic mass is 32.2. The van der Waals surface area contributed by atoms with E-state index in [1.165, 1.54) is 35.4 Å². The molecule has 3 aromatic rings. The minimum atomic E-state index is 0.387. The summed E-state index contributed by atoms with van der Waals surface area (Å²) in [6.07, 6.45) is 5.83. The maximum Gasteiger partial charge on any atom is 0.143 e. The van der Waals surface area contributed by atoms with Crippen LogP contribution in [0.25, 0.3) is 0 Å². The fraction of sp³-hybridized carbons (Fsp3) is 0.273. The van der Waals surface area contributed by atoms with Gasteiger partial charge in [0, 0.05) is 29.2 Å². The van der Waals surface area contributed by atoms with Crippen molar-refractivity contribution >= 4 is 23.3 Å². The van der Waals surface area contributed by atoms with Crippen LogP contribution in [0.15, 0.2) is 76.9 Å². The third-order valence-corrected chi connectivity index (χ3v) is 6.39. The van der Waals surface area contributed by atoms with Crippen LogP contribution in [0.1, 0.15) is 24.8 Å². The van der Waals surface area contributed by atoms with Crippen molar-refractivity contribution in [3.05, 3.63) is 72.6 Å². The minimum Gasteiger partial charge on any atom is -0.310 e. The first-order valence-electron chi connectivity index (χ1n) is 9.55. The van der Waals surface area contributed by atoms with Crippen molar-refractivity contribution < 1.29 is 0 Å². The zero-order valence-electron chi connectivity index (χ0n) is 15.2. The number of fused-ring (bicyclic) bond motifs is 2. The van der Waals surface area contributed by atoms with Gasteiger partial charge < -0.3 is 4.90 Å². The van der Waals surface area contributed by atoms with E-state index in [-0.39, 0.29) is 0 Å². The van der Waals surface area contributed by atoms with Gasteiger partial charge in [0.25, 0.3) is 0 Å². The van der Waals surface area contributed by atoms with Gasteiger partial charge in [-0.25, -0.2) is 9.97 Å². The molecule has 136 valence electrons. The summed E-state index contributed by atoms with van der Waals surface area (Å²) in [6.45, 7) is 2.07. The summed E-state index contributed by atoms with van der Waals surface area (Å²) in [5, 5.41) is 1.07. The maximum atomic E-state index is 4.75. The van der Waals surface area contributed by atoms with Crippen molar-refractivity contribution in [1.29, 1.82) is 0 Å². The largest absolute Gasteiger partial charge is 0.310 e. The summed E-state index contributed by atoms with van der Waals surface area (Å²) in [5.41, 5.74) is 2.46. The Morgan fingerprint density at radius 2 is 1.67 bits per heavy atom. The molecule has 1 fully saturated rings. The number of piperidine rings is 1. The van der Waals surface area contributed by atoms with Gasteiger partial charge in [-0.15, -0.1) is 0 Å². The summed E-state index contributed by atoms with van der Waals surface area (Å²) >= 11 is 1.73. The van der Waals surface area contributed by atoms with Crippen molar-refractivity contribution in [2.24, 2.45) is 0 Å². The van der Waals surface area contributed by atoms with Crippen molar-refractivity contribution in [2.45, 2.75) is 41.9 Å². The Labute approximate surface area is 164 Å². The first-order chi connectivity index (χ1) is 13.4. The molecule has 5 heteroatoms. The molecule has 0 N–H and O–H groups in total. The second-order valence-electron chi connectivity index (χ2n) is 7.05. The molecule has 2 aliphatic heterocycles. The van der Waals surface area contributed by atoms with E-state index in [4.69, 9.17) is 4.98 Å². The van der Waals surface area contributed by atoms with E-state index in [0.29, 0.717) is 6.17 Å². The lowest BCUT2D eigenvalue weighted by molar-refractivity contribution is 0.131. The molecule has 0 bridgehead atoms. The SMILES string of the molecule is c1ccc(Sc2ncnc3c2CN2CCCCC2N3c2ccccc2)cc1. The molecule has 1 atom stereocenters. The van der Waals surface area contributed by atoms with Gasteiger partial charge in [0.2, 0.25) is 0 Å². The van der Waals surface area contributed by atoms with Crippen LogP contribution in [-0.4, -0.2) is 27.6 Å². The number of rotatable bonds is 3. The smallest absolute Gasteiger partial charge is 0.143 e. The van der Waals surface area contributed by atoms with Gasteiger partial charge in [-0.2, -0.15) is 0 Å². The lowest BCUT2D eigenvalue weighted by atomic mass is 10.0. The molecule has 0 amide bonds. The second-order valence-corrected chi connectivity index (χ2v) is 8.11. The number of para-hydroxylation sites is 1. The Hall–Kier alpha value is -2.37. The van der Waals surface area contributed by atoms with Crippen molar-refractivity contribution in [2.75, 3.05) is 11.4 Å². The van der Waals surface area contributed by atoms with Crippen LogP contribution in [0, 0.1) is 0 Å². The van der Waals surface area contributed by atoms with Gasteiger partial charge in [0.15, 0.2) is 0 Å². The Kier molecular flexibility index (Phi) is 4.56. The predicted octanol–water partition coefficient (Wildman–Crippen LogP) is 5.09. The average molecular weight is 375 g/mol. The average Bonchev–Trinajstić information content (AvgIpc) is 2.74. The van der Waals surface area contributed by atoms with E-state index < -0.39 is 0 Å². The number of hydrogen-bond donors (Lipinski definition) is 0. The van der Waals surface area contributed by atoms with E-state index in [1.54, 1.807) is 18.1 Å². The minimum absolute atomic E-state index is 0.387. The third kappa shape index (κ3) is 3.22. The van der Waals surface area contributed by atoms with Crippen molar-refractivity contribution in [3.8, 4) is 0 Å². The van der Waals surface area contributed by atoms with E-state index in [0.717, 1.165) is 23.9 Å². The monoisotopic (exact) mass is 374 g/mol. The first-order valence-corrected chi connectivity index (χ1v) is 10.4. The summed E-state index contributed by atoms with van der Waals surface area (Å²) in [4.78, 5) is 15.6. The predicted molar refractivity (Wildman–Crippen MR) is 109 cm³/mol. The molecule has 0 saturated carbocycles. The lowest BCUT2D eigenvalue weighted by Gasteiger charge is -2.47. The van der Waals surface area contributed by atoms with Gasteiger partial charge in [-0.05, 0) is 43.5 Å². The molecule has 1 aromatic heterocycles. The summed E-state index contributed by atoms with van der Waals surface area (Å²) in [5.74, 6) is 1.07. The fourth-order valence-corrected chi connectivity index (χ4v) is 4.99. The Bertz CT molecular complexity index is 916. The number of hydrogen-bond acceptors (Lipinski definition) is 5. The molecule has 27 heavy (non-hydrogen) atoms. The highest BCUT2D eigenvalue weighted by Gasteiger charge is 2.37. The molecule has 3 heterocycles. The summed E-state index contributed by atoms with van der Waals surface area (Å²) < 4.78 is 0. The molecule has 2 aromatic carbocycles. The molecule has 1 saturated heterocycles. The molecular formula is C22H22N4S. The van der Waals surface area contributed by atoms with Crippen LogP contribution in [0.3, 0.4) is 0 Å². The topological polar surface area (TPSA) is 32.3 Å². The fourth-order valence-electron chi connectivity index (χ4n) is 4.10. The van der Waals surface area contributed by atoms with Crippen LogP contribution in [0.2, 0.25) is 0 Å². The van der Waals surface area contributed by atoms with E-state index >= 15 is 0 Å². The van der Waals surface area contributed by atoms with Gasteiger partial charge >= 0.3 is 0 Å². The highest BCUT2D eigenvalue weighted by molar-refractivity contribution is 7.99. The van der Waals surface area contributed by atoms with E-state index in [9.17, 15) is 0 Å². The highest BCUT2D eigenvalue weighted by Crippen LogP contribution is 2.42. The van der Waals surface area contributed by atoms with Crippen LogP contribution >= 0.6 is 11.8 Å². The number of aromatic nitrogens is 2. The van der Waals surface area contributed by atoms with Gasteiger partial charge in [-0.3, -0.25) is 4.90 Å². The summed E-state index contributed by atoms with van der Waals surface area (Å²) in [6, 6.07) is 21.1. The Balaban J connectivity index is 1.60. The van der Waals surface area contributed by atoms with Crippen LogP contribution in [0.5, 0.6) is 0 Å². The number of nitrogens with zero attached hydrogens (tertiary/aromatic N) is 4. The van der Waals surface area contributed by atoms with Crippen LogP contribution in [-0.2, 0) is 6.54 Å². The molecule has 0 radical (unpaired) electrons. The van der Waals surface area contributed by atoms with E-state index in [1.807, 2.05) is 0 Å². The molecular weight excluding hydrogens is 352 g/mol. The molecule has 2 aliphatic rings. The maximum absolute atomic E-state index is 4.75. The quantitative estimate of drug-likeness (QED) is 0.596. The molecule has 4 nitrogen and oxygen atoms in total. The van der Waals surface area contributed by atoms with Gasteiger partial charge in [-0.1, -0.05) is 48.2 Å². The van der Waals surface area contributed by atoms with Gasteiger partial charge in [0.1, 0.15) is 17.2 Å². The molecule has 0 spiro atoms. The zero-order chi connectivity index (χ0) is 18.1. The third-order valence-electron chi connectivity index (χ3n) is 5.34. The number of benzene rings is 2. The number of anilines is 2. The van der Waals surface area contributed by atoms with Gasteiger partial charge in [0.05, 0.1) is 6.17 Å². The van der Waals surface area contributed by atoms with Crippen molar-refractivity contribution in [3.63, 3.8) is 0 Å². The molecule has 0 aliphatic carbocycles. The Morgan fingerprint density at radius 3 is 2.48 bits per heavy atom. The molecule has 1 unspecified atom stereocenters. The zero-order valence-corrected chi connectivity index (χ0v) is 16.0. The Morgan fingerprint density at radius 1 is 0.889 bits per heavy atom. The standard InChI is InChI=1S/C22H22N4S/c1-3-9-17(10-4-1)26-20-13-7-8-14-25(20)15-19-21(26)23-16-24-22(19)27-18-11-5-2-6-12-18/h1-6,9-12,16,20H,7-8,13-15H2. The van der Waals surface area contributed by atoms with Crippen LogP contribution in [0.4, 0.5) is 11.5 Å². The summed E-state index contributed by atoms with van der Waals surface area (Å²) in [7, 11) is 0. The first kappa shape index (κ1) is 16.8. The lowest BCUT2D eigenvalue weighted by Crippen LogP contribution is -2.52. The molecule has 5 rings (SSSR count). The van der Waals surface area contributed by atoms with Crippen molar-refractivity contribution in [1.82, 2.24) is 14.9 Å². The normalized spacial score (nSPS) is 19.4.